The van der Waals surface area contributed by atoms with Gasteiger partial charge in [-0.15, -0.1) is 0 Å². The third-order valence-corrected chi connectivity index (χ3v) is 4.36. The summed E-state index contributed by atoms with van der Waals surface area (Å²) in [6.07, 6.45) is 9.57. The van der Waals surface area contributed by atoms with E-state index in [2.05, 4.69) is 23.2 Å². The van der Waals surface area contributed by atoms with Crippen molar-refractivity contribution in [3.05, 3.63) is 42.3 Å². The molecule has 3 rings (SSSR count). The Balaban J connectivity index is 1.98. The number of hydrogen-bond acceptors (Lipinski definition) is 3. The van der Waals surface area contributed by atoms with Gasteiger partial charge in [-0.2, -0.15) is 0 Å². The van der Waals surface area contributed by atoms with Crippen molar-refractivity contribution in [3.63, 3.8) is 0 Å². The topological polar surface area (TPSA) is 52.0 Å². The maximum atomic E-state index is 6.10. The molecule has 1 fully saturated rings. The van der Waals surface area contributed by atoms with Crippen LogP contribution in [0.1, 0.15) is 37.7 Å². The van der Waals surface area contributed by atoms with Crippen molar-refractivity contribution in [2.45, 2.75) is 37.5 Å². The highest BCUT2D eigenvalue weighted by Crippen LogP contribution is 2.39. The maximum Gasteiger partial charge on any atom is 0.225 e. The minimum Gasteiger partial charge on any atom is -0.445 e. The van der Waals surface area contributed by atoms with E-state index in [-0.39, 0.29) is 5.41 Å². The Morgan fingerprint density at radius 2 is 2.05 bits per heavy atom. The van der Waals surface area contributed by atoms with Gasteiger partial charge in [0.2, 0.25) is 5.89 Å². The van der Waals surface area contributed by atoms with Crippen LogP contribution in [0.2, 0.25) is 0 Å². The van der Waals surface area contributed by atoms with E-state index in [4.69, 9.17) is 10.2 Å². The zero-order chi connectivity index (χ0) is 13.1. The lowest BCUT2D eigenvalue weighted by Gasteiger charge is -2.37. The Morgan fingerprint density at radius 3 is 2.74 bits per heavy atom. The first-order chi connectivity index (χ1) is 9.34. The summed E-state index contributed by atoms with van der Waals surface area (Å²) < 4.78 is 5.39. The average Bonchev–Trinajstić information content (AvgIpc) is 3.02. The number of aromatic nitrogens is 1. The number of nitrogens with two attached hydrogens (primary N) is 1. The van der Waals surface area contributed by atoms with Gasteiger partial charge in [-0.3, -0.25) is 0 Å². The smallest absolute Gasteiger partial charge is 0.225 e. The predicted molar refractivity (Wildman–Crippen MR) is 75.8 cm³/mol. The molecular formula is C16H20N2O. The molecule has 1 aliphatic carbocycles. The molecule has 2 N–H and O–H groups in total. The largest absolute Gasteiger partial charge is 0.445 e. The van der Waals surface area contributed by atoms with Gasteiger partial charge in [0, 0.05) is 17.5 Å². The van der Waals surface area contributed by atoms with Crippen LogP contribution >= 0.6 is 0 Å². The monoisotopic (exact) mass is 256 g/mol. The van der Waals surface area contributed by atoms with E-state index in [9.17, 15) is 0 Å². The Bertz CT molecular complexity index is 527. The van der Waals surface area contributed by atoms with Crippen LogP contribution in [0, 0.1) is 0 Å². The van der Waals surface area contributed by atoms with Crippen LogP contribution in [-0.2, 0) is 5.41 Å². The van der Waals surface area contributed by atoms with Crippen molar-refractivity contribution in [3.8, 4) is 11.5 Å². The molecule has 0 unspecified atom stereocenters. The van der Waals surface area contributed by atoms with Crippen LogP contribution in [0.3, 0.4) is 0 Å². The van der Waals surface area contributed by atoms with Crippen molar-refractivity contribution in [1.82, 2.24) is 4.98 Å². The SMILES string of the molecule is NCC1(c2cccc(-c3ncco3)c2)CCCCC1. The van der Waals surface area contributed by atoms with Crippen LogP contribution in [0.15, 0.2) is 41.1 Å². The fourth-order valence-electron chi connectivity index (χ4n) is 3.19. The van der Waals surface area contributed by atoms with Crippen molar-refractivity contribution < 1.29 is 4.42 Å². The fourth-order valence-corrected chi connectivity index (χ4v) is 3.19. The molecule has 3 heteroatoms. The van der Waals surface area contributed by atoms with Gasteiger partial charge in [0.05, 0.1) is 6.20 Å². The van der Waals surface area contributed by atoms with Crippen molar-refractivity contribution in [2.75, 3.05) is 6.54 Å². The minimum absolute atomic E-state index is 0.154. The average molecular weight is 256 g/mol. The molecule has 1 aromatic heterocycles. The van der Waals surface area contributed by atoms with E-state index in [1.54, 1.807) is 12.5 Å². The van der Waals surface area contributed by atoms with E-state index in [0.29, 0.717) is 5.89 Å². The molecular weight excluding hydrogens is 236 g/mol. The molecule has 0 amide bonds. The first kappa shape index (κ1) is 12.4. The quantitative estimate of drug-likeness (QED) is 0.914. The third-order valence-electron chi connectivity index (χ3n) is 4.36. The molecule has 3 nitrogen and oxygen atoms in total. The molecule has 1 aromatic carbocycles. The van der Waals surface area contributed by atoms with Crippen LogP contribution in [0.5, 0.6) is 0 Å². The number of nitrogens with zero attached hydrogens (tertiary/aromatic N) is 1. The molecule has 2 aromatic rings. The molecule has 0 atom stereocenters. The van der Waals surface area contributed by atoms with Crippen LogP contribution in [0.4, 0.5) is 0 Å². The second-order valence-electron chi connectivity index (χ2n) is 5.46. The Kier molecular flexibility index (Phi) is 3.38. The molecule has 1 aliphatic rings. The van der Waals surface area contributed by atoms with Gasteiger partial charge in [0.15, 0.2) is 0 Å². The summed E-state index contributed by atoms with van der Waals surface area (Å²) >= 11 is 0. The summed E-state index contributed by atoms with van der Waals surface area (Å²) in [6.45, 7) is 0.724. The summed E-state index contributed by atoms with van der Waals surface area (Å²) in [4.78, 5) is 4.22. The summed E-state index contributed by atoms with van der Waals surface area (Å²) in [5.74, 6) is 0.685. The zero-order valence-corrected chi connectivity index (χ0v) is 11.1. The summed E-state index contributed by atoms with van der Waals surface area (Å²) in [6, 6.07) is 8.53. The number of hydrogen-bond donors (Lipinski definition) is 1. The molecule has 0 bridgehead atoms. The third kappa shape index (κ3) is 2.30. The van der Waals surface area contributed by atoms with Crippen LogP contribution in [-0.4, -0.2) is 11.5 Å². The Hall–Kier alpha value is -1.61. The first-order valence-electron chi connectivity index (χ1n) is 7.05. The highest BCUT2D eigenvalue weighted by molar-refractivity contribution is 5.55. The molecule has 0 spiro atoms. The molecule has 1 saturated carbocycles. The van der Waals surface area contributed by atoms with Gasteiger partial charge in [0.1, 0.15) is 6.26 Å². The molecule has 19 heavy (non-hydrogen) atoms. The van der Waals surface area contributed by atoms with E-state index in [1.165, 1.54) is 37.7 Å². The van der Waals surface area contributed by atoms with Crippen molar-refractivity contribution in [1.29, 1.82) is 0 Å². The molecule has 1 heterocycles. The maximum absolute atomic E-state index is 6.10. The van der Waals surface area contributed by atoms with Gasteiger partial charge in [-0.05, 0) is 30.5 Å². The minimum atomic E-state index is 0.154. The highest BCUT2D eigenvalue weighted by atomic mass is 16.3. The van der Waals surface area contributed by atoms with Crippen molar-refractivity contribution in [2.24, 2.45) is 5.73 Å². The lowest BCUT2D eigenvalue weighted by Crippen LogP contribution is -2.37. The first-order valence-corrected chi connectivity index (χ1v) is 7.05. The zero-order valence-electron chi connectivity index (χ0n) is 11.1. The Morgan fingerprint density at radius 1 is 1.21 bits per heavy atom. The molecule has 0 saturated heterocycles. The summed E-state index contributed by atoms with van der Waals surface area (Å²) in [7, 11) is 0. The second-order valence-corrected chi connectivity index (χ2v) is 5.46. The van der Waals surface area contributed by atoms with E-state index >= 15 is 0 Å². The fraction of sp³-hybridized carbons (Fsp3) is 0.438. The predicted octanol–water partition coefficient (Wildman–Crippen LogP) is 3.50. The van der Waals surface area contributed by atoms with Gasteiger partial charge in [0.25, 0.3) is 0 Å². The Labute approximate surface area is 113 Å². The summed E-state index contributed by atoms with van der Waals surface area (Å²) in [5.41, 5.74) is 8.63. The van der Waals surface area contributed by atoms with E-state index in [0.717, 1.165) is 12.1 Å². The second kappa shape index (κ2) is 5.17. The van der Waals surface area contributed by atoms with Crippen molar-refractivity contribution >= 4 is 0 Å². The highest BCUT2D eigenvalue weighted by Gasteiger charge is 2.32. The number of rotatable bonds is 3. The van der Waals surface area contributed by atoms with Crippen LogP contribution in [0.25, 0.3) is 11.5 Å². The van der Waals surface area contributed by atoms with Gasteiger partial charge in [-0.25, -0.2) is 4.98 Å². The van der Waals surface area contributed by atoms with E-state index < -0.39 is 0 Å². The lowest BCUT2D eigenvalue weighted by atomic mass is 9.69. The summed E-state index contributed by atoms with van der Waals surface area (Å²) in [5, 5.41) is 0. The van der Waals surface area contributed by atoms with Gasteiger partial charge < -0.3 is 10.2 Å². The number of oxazole rings is 1. The van der Waals surface area contributed by atoms with Gasteiger partial charge >= 0.3 is 0 Å². The molecule has 0 aliphatic heterocycles. The molecule has 0 radical (unpaired) electrons. The van der Waals surface area contributed by atoms with Gasteiger partial charge in [-0.1, -0.05) is 31.4 Å². The normalized spacial score (nSPS) is 18.4. The lowest BCUT2D eigenvalue weighted by molar-refractivity contribution is 0.301. The number of benzene rings is 1. The molecule has 100 valence electrons. The standard InChI is InChI=1S/C16H20N2O/c17-12-16(7-2-1-3-8-16)14-6-4-5-13(11-14)15-18-9-10-19-15/h4-6,9-11H,1-3,7-8,12,17H2. The van der Waals surface area contributed by atoms with E-state index in [1.807, 2.05) is 6.07 Å². The van der Waals surface area contributed by atoms with Crippen LogP contribution < -0.4 is 5.73 Å².